The molecule has 1 amide bonds. The smallest absolute Gasteiger partial charge is 0.258 e. The third-order valence-corrected chi connectivity index (χ3v) is 8.40. The summed E-state index contributed by atoms with van der Waals surface area (Å²) in [6.45, 7) is 11.7. The molecule has 1 saturated heterocycles. The van der Waals surface area contributed by atoms with Gasteiger partial charge in [-0.25, -0.2) is 4.39 Å². The van der Waals surface area contributed by atoms with Crippen LogP contribution in [0.15, 0.2) is 35.3 Å². The number of carbonyl (C=O) groups excluding carboxylic acids is 1. The number of aliphatic hydroxyl groups is 1. The molecule has 4 N–H and O–H groups in total. The molecule has 0 unspecified atom stereocenters. The predicted molar refractivity (Wildman–Crippen MR) is 153 cm³/mol. The van der Waals surface area contributed by atoms with E-state index in [1.165, 1.54) is 0 Å². The van der Waals surface area contributed by atoms with Crippen molar-refractivity contribution in [2.75, 3.05) is 32.8 Å². The molecular formula is C31H39FN4O3. The summed E-state index contributed by atoms with van der Waals surface area (Å²) < 4.78 is 17.4. The first-order chi connectivity index (χ1) is 18.5. The summed E-state index contributed by atoms with van der Waals surface area (Å²) >= 11 is 0. The van der Waals surface area contributed by atoms with Crippen molar-refractivity contribution in [1.29, 1.82) is 0 Å². The number of carbonyl (C=O) groups is 1. The molecule has 7 nitrogen and oxygen atoms in total. The second-order valence-electron chi connectivity index (χ2n) is 12.0. The quantitative estimate of drug-likeness (QED) is 0.405. The van der Waals surface area contributed by atoms with Crippen molar-refractivity contribution in [3.8, 4) is 11.1 Å². The minimum Gasteiger partial charge on any atom is -0.396 e. The molecule has 5 rings (SSSR count). The van der Waals surface area contributed by atoms with E-state index in [-0.39, 0.29) is 35.5 Å². The zero-order chi connectivity index (χ0) is 28.1. The molecule has 1 aliphatic heterocycles. The number of aromatic nitrogens is 1. The van der Waals surface area contributed by atoms with Gasteiger partial charge < -0.3 is 20.7 Å². The Bertz CT molecular complexity index is 1490. The largest absolute Gasteiger partial charge is 0.396 e. The van der Waals surface area contributed by atoms with E-state index >= 15 is 4.39 Å². The van der Waals surface area contributed by atoms with Gasteiger partial charge >= 0.3 is 0 Å². The number of fused-ring (bicyclic) bond motifs is 1. The third-order valence-electron chi connectivity index (χ3n) is 8.40. The number of piperazine rings is 1. The Balaban J connectivity index is 1.71. The lowest BCUT2D eigenvalue weighted by atomic mass is 9.89. The fraction of sp³-hybridized carbons (Fsp3) is 0.484. The summed E-state index contributed by atoms with van der Waals surface area (Å²) in [5.41, 5.74) is 8.63. The molecule has 0 radical (unpaired) electrons. The molecule has 39 heavy (non-hydrogen) atoms. The average molecular weight is 535 g/mol. The molecule has 1 atom stereocenters. The van der Waals surface area contributed by atoms with Crippen molar-refractivity contribution in [3.63, 3.8) is 0 Å². The number of aliphatic hydroxyl groups excluding tert-OH is 1. The van der Waals surface area contributed by atoms with Crippen LogP contribution >= 0.6 is 0 Å². The average Bonchev–Trinajstić information content (AvgIpc) is 3.76. The van der Waals surface area contributed by atoms with E-state index in [4.69, 9.17) is 5.73 Å². The molecule has 3 aromatic rings. The van der Waals surface area contributed by atoms with Gasteiger partial charge in [-0.2, -0.15) is 0 Å². The Hall–Kier alpha value is -3.07. The molecule has 1 saturated carbocycles. The van der Waals surface area contributed by atoms with Crippen LogP contribution in [0.2, 0.25) is 0 Å². The van der Waals surface area contributed by atoms with Gasteiger partial charge in [-0.15, -0.1) is 0 Å². The monoisotopic (exact) mass is 534 g/mol. The first kappa shape index (κ1) is 27.5. The summed E-state index contributed by atoms with van der Waals surface area (Å²) in [4.78, 5) is 28.4. The van der Waals surface area contributed by atoms with Crippen LogP contribution in [0.25, 0.3) is 21.9 Å². The lowest BCUT2D eigenvalue weighted by Gasteiger charge is -2.34. The van der Waals surface area contributed by atoms with Crippen molar-refractivity contribution in [1.82, 2.24) is 14.8 Å². The fourth-order valence-corrected chi connectivity index (χ4v) is 5.86. The molecule has 2 aliphatic rings. The van der Waals surface area contributed by atoms with Gasteiger partial charge in [0.2, 0.25) is 5.91 Å². The Kier molecular flexibility index (Phi) is 7.39. The van der Waals surface area contributed by atoms with Gasteiger partial charge in [-0.3, -0.25) is 14.5 Å². The highest BCUT2D eigenvalue weighted by atomic mass is 19.1. The van der Waals surface area contributed by atoms with Crippen LogP contribution in [0.1, 0.15) is 72.6 Å². The Morgan fingerprint density at radius 3 is 2.51 bits per heavy atom. The molecule has 2 aromatic carbocycles. The zero-order valence-electron chi connectivity index (χ0n) is 23.3. The number of halogens is 1. The first-order valence-electron chi connectivity index (χ1n) is 13.9. The number of amides is 1. The SMILES string of the molecule is Cc1c(-c2ccc3c(=O)n(CC(C)(C)CO)cc([C@H](C)N4CCNCC4)c3c2)cc(C(N)=O)c(C2CC2)c1F. The number of benzene rings is 2. The summed E-state index contributed by atoms with van der Waals surface area (Å²) in [5.74, 6) is -0.940. The van der Waals surface area contributed by atoms with Crippen molar-refractivity contribution < 1.29 is 14.3 Å². The van der Waals surface area contributed by atoms with E-state index in [1.807, 2.05) is 32.2 Å². The van der Waals surface area contributed by atoms with Crippen molar-refractivity contribution in [3.05, 3.63) is 68.9 Å². The van der Waals surface area contributed by atoms with E-state index < -0.39 is 11.3 Å². The van der Waals surface area contributed by atoms with Crippen molar-refractivity contribution >= 4 is 16.7 Å². The maximum atomic E-state index is 15.6. The standard InChI is InChI=1S/C31H39FN4O3/c1-18-23(14-25(29(33)38)27(28(18)32)20-5-6-20)21-7-8-22-24(13-21)26(19(2)35-11-9-34-10-12-35)15-36(30(22)39)16-31(3,4)17-37/h7-8,13-15,19-20,34,37H,5-6,9-12,16-17H2,1-4H3,(H2,33,38)/t19-/m0/s1. The fourth-order valence-electron chi connectivity index (χ4n) is 5.86. The molecular weight excluding hydrogens is 495 g/mol. The molecule has 2 heterocycles. The lowest BCUT2D eigenvalue weighted by molar-refractivity contribution is 0.0999. The normalized spacial score (nSPS) is 17.5. The molecule has 1 aromatic heterocycles. The van der Waals surface area contributed by atoms with Crippen LogP contribution in [0, 0.1) is 18.2 Å². The van der Waals surface area contributed by atoms with E-state index in [0.717, 1.165) is 55.5 Å². The highest BCUT2D eigenvalue weighted by Crippen LogP contribution is 2.45. The van der Waals surface area contributed by atoms with Crippen LogP contribution in [-0.4, -0.2) is 53.3 Å². The molecule has 0 spiro atoms. The topological polar surface area (TPSA) is 101 Å². The summed E-state index contributed by atoms with van der Waals surface area (Å²) in [6, 6.07) is 7.34. The van der Waals surface area contributed by atoms with Gasteiger partial charge in [0.1, 0.15) is 5.82 Å². The first-order valence-corrected chi connectivity index (χ1v) is 13.9. The zero-order valence-corrected chi connectivity index (χ0v) is 23.3. The highest BCUT2D eigenvalue weighted by molar-refractivity contribution is 5.97. The summed E-state index contributed by atoms with van der Waals surface area (Å²) in [7, 11) is 0. The Morgan fingerprint density at radius 2 is 1.90 bits per heavy atom. The number of nitrogens with zero attached hydrogens (tertiary/aromatic N) is 2. The number of hydrogen-bond acceptors (Lipinski definition) is 5. The minimum atomic E-state index is -0.625. The van der Waals surface area contributed by atoms with Crippen molar-refractivity contribution in [2.45, 2.75) is 59.0 Å². The van der Waals surface area contributed by atoms with Gasteiger partial charge in [0.05, 0.1) is 0 Å². The molecule has 2 fully saturated rings. The van der Waals surface area contributed by atoms with Crippen LogP contribution < -0.4 is 16.6 Å². The van der Waals surface area contributed by atoms with Gasteiger partial charge in [0.15, 0.2) is 0 Å². The van der Waals surface area contributed by atoms with E-state index in [9.17, 15) is 14.7 Å². The predicted octanol–water partition coefficient (Wildman–Crippen LogP) is 4.08. The van der Waals surface area contributed by atoms with Gasteiger partial charge in [0, 0.05) is 73.5 Å². The highest BCUT2D eigenvalue weighted by Gasteiger charge is 2.33. The number of nitrogens with one attached hydrogen (secondary N) is 1. The van der Waals surface area contributed by atoms with Gasteiger partial charge in [-0.1, -0.05) is 19.9 Å². The lowest BCUT2D eigenvalue weighted by Crippen LogP contribution is -2.44. The maximum absolute atomic E-state index is 15.6. The van der Waals surface area contributed by atoms with E-state index in [2.05, 4.69) is 17.1 Å². The van der Waals surface area contributed by atoms with Gasteiger partial charge in [0.25, 0.3) is 5.56 Å². The maximum Gasteiger partial charge on any atom is 0.258 e. The van der Waals surface area contributed by atoms with E-state index in [1.54, 1.807) is 23.6 Å². The molecule has 0 bridgehead atoms. The number of primary amides is 1. The number of hydrogen-bond donors (Lipinski definition) is 3. The second-order valence-corrected chi connectivity index (χ2v) is 12.0. The number of pyridine rings is 1. The number of nitrogens with two attached hydrogens (primary N) is 1. The van der Waals surface area contributed by atoms with Gasteiger partial charge in [-0.05, 0) is 78.4 Å². The van der Waals surface area contributed by atoms with Crippen molar-refractivity contribution in [2.24, 2.45) is 11.1 Å². The van der Waals surface area contributed by atoms with E-state index in [0.29, 0.717) is 28.6 Å². The Morgan fingerprint density at radius 1 is 1.21 bits per heavy atom. The van der Waals surface area contributed by atoms with Crippen LogP contribution in [0.4, 0.5) is 4.39 Å². The number of rotatable bonds is 8. The molecule has 1 aliphatic carbocycles. The Labute approximate surface area is 228 Å². The van der Waals surface area contributed by atoms with Crippen LogP contribution in [-0.2, 0) is 6.54 Å². The summed E-state index contributed by atoms with van der Waals surface area (Å²) in [6.07, 6.45) is 3.65. The molecule has 8 heteroatoms. The summed E-state index contributed by atoms with van der Waals surface area (Å²) in [5, 5.41) is 14.7. The van der Waals surface area contributed by atoms with Crippen LogP contribution in [0.5, 0.6) is 0 Å². The third kappa shape index (κ3) is 5.25. The second kappa shape index (κ2) is 10.5. The van der Waals surface area contributed by atoms with Crippen LogP contribution in [0.3, 0.4) is 0 Å². The minimum absolute atomic E-state index is 0.0326. The molecule has 208 valence electrons.